The molecule has 1 aliphatic rings. The van der Waals surface area contributed by atoms with Crippen LogP contribution in [0.2, 0.25) is 0 Å². The Hall–Kier alpha value is -3.07. The summed E-state index contributed by atoms with van der Waals surface area (Å²) in [6.45, 7) is 1.83. The van der Waals surface area contributed by atoms with Gasteiger partial charge in [-0.15, -0.1) is 0 Å². The molecule has 9 heteroatoms. The summed E-state index contributed by atoms with van der Waals surface area (Å²) in [5.74, 6) is -1.44. The number of hydrogen-bond acceptors (Lipinski definition) is 6. The fraction of sp³-hybridized carbons (Fsp3) is 0.167. The molecule has 1 N–H and O–H groups in total. The van der Waals surface area contributed by atoms with Crippen molar-refractivity contribution < 1.29 is 18.8 Å². The quantitative estimate of drug-likeness (QED) is 0.794. The molecule has 3 rings (SSSR count). The van der Waals surface area contributed by atoms with Crippen LogP contribution in [0, 0.1) is 12.7 Å². The summed E-state index contributed by atoms with van der Waals surface area (Å²) in [6, 6.07) is 5.98. The largest absolute Gasteiger partial charge is 0.349 e. The van der Waals surface area contributed by atoms with Gasteiger partial charge in [-0.25, -0.2) is 9.37 Å². The van der Waals surface area contributed by atoms with Crippen LogP contribution in [0.25, 0.3) is 6.08 Å². The lowest BCUT2D eigenvalue weighted by Gasteiger charge is -2.12. The summed E-state index contributed by atoms with van der Waals surface area (Å²) in [6.07, 6.45) is 4.17. The van der Waals surface area contributed by atoms with Crippen molar-refractivity contribution in [2.75, 3.05) is 13.1 Å². The first-order valence-electron chi connectivity index (χ1n) is 8.02. The number of rotatable bonds is 5. The molecule has 1 aliphatic heterocycles. The smallest absolute Gasteiger partial charge is 0.293 e. The molecule has 1 aromatic carbocycles. The van der Waals surface area contributed by atoms with Gasteiger partial charge in [0.25, 0.3) is 17.1 Å². The van der Waals surface area contributed by atoms with Crippen molar-refractivity contribution in [1.29, 1.82) is 0 Å². The van der Waals surface area contributed by atoms with Crippen LogP contribution in [0.4, 0.5) is 9.18 Å². The number of aromatic nitrogens is 2. The molecule has 3 amide bonds. The summed E-state index contributed by atoms with van der Waals surface area (Å²) in [5.41, 5.74) is 1.06. The third-order valence-corrected chi connectivity index (χ3v) is 4.61. The Bertz CT molecular complexity index is 930. The van der Waals surface area contributed by atoms with Crippen molar-refractivity contribution in [3.63, 3.8) is 0 Å². The highest BCUT2D eigenvalue weighted by molar-refractivity contribution is 8.18. The van der Waals surface area contributed by atoms with Crippen LogP contribution >= 0.6 is 11.8 Å². The summed E-state index contributed by atoms with van der Waals surface area (Å²) in [5, 5.41) is 2.12. The minimum atomic E-state index is -0.516. The van der Waals surface area contributed by atoms with Gasteiger partial charge in [0.15, 0.2) is 0 Å². The Morgan fingerprint density at radius 1 is 1.26 bits per heavy atom. The van der Waals surface area contributed by atoms with Gasteiger partial charge in [-0.05, 0) is 30.8 Å². The fourth-order valence-electron chi connectivity index (χ4n) is 2.31. The van der Waals surface area contributed by atoms with Crippen molar-refractivity contribution in [3.05, 3.63) is 64.3 Å². The van der Waals surface area contributed by atoms with Crippen LogP contribution in [-0.4, -0.2) is 45.0 Å². The first-order chi connectivity index (χ1) is 13.0. The number of nitrogens with zero attached hydrogens (tertiary/aromatic N) is 3. The number of halogens is 1. The van der Waals surface area contributed by atoms with Crippen molar-refractivity contribution in [3.8, 4) is 0 Å². The predicted molar refractivity (Wildman–Crippen MR) is 98.2 cm³/mol. The molecular formula is C18H15FN4O3S. The Balaban J connectivity index is 1.60. The first kappa shape index (κ1) is 18.7. The summed E-state index contributed by atoms with van der Waals surface area (Å²) in [7, 11) is 0. The van der Waals surface area contributed by atoms with Gasteiger partial charge < -0.3 is 5.32 Å². The van der Waals surface area contributed by atoms with Crippen molar-refractivity contribution >= 4 is 34.9 Å². The van der Waals surface area contributed by atoms with Gasteiger partial charge >= 0.3 is 0 Å². The molecule has 0 spiro atoms. The highest BCUT2D eigenvalue weighted by atomic mass is 32.2. The number of carbonyl (C=O) groups excluding carboxylic acids is 3. The zero-order chi connectivity index (χ0) is 19.4. The molecule has 2 aromatic rings. The van der Waals surface area contributed by atoms with Crippen LogP contribution < -0.4 is 5.32 Å². The van der Waals surface area contributed by atoms with E-state index in [4.69, 9.17) is 0 Å². The second kappa shape index (κ2) is 8.09. The topological polar surface area (TPSA) is 92.3 Å². The van der Waals surface area contributed by atoms with Crippen LogP contribution in [0.15, 0.2) is 41.6 Å². The maximum Gasteiger partial charge on any atom is 0.293 e. The molecule has 0 atom stereocenters. The number of benzene rings is 1. The SMILES string of the molecule is Cc1cnc(C(=O)NCCN2C(=O)S/C(=C\c3ccccc3F)C2=O)cn1. The number of hydrogen-bond donors (Lipinski definition) is 1. The molecule has 7 nitrogen and oxygen atoms in total. The third kappa shape index (κ3) is 4.37. The van der Waals surface area contributed by atoms with Gasteiger partial charge in [0, 0.05) is 24.8 Å². The van der Waals surface area contributed by atoms with E-state index in [0.29, 0.717) is 5.69 Å². The molecular weight excluding hydrogens is 371 g/mol. The minimum absolute atomic E-state index is 0.00427. The monoisotopic (exact) mass is 386 g/mol. The van der Waals surface area contributed by atoms with Gasteiger partial charge in [0.05, 0.1) is 16.8 Å². The summed E-state index contributed by atoms with van der Waals surface area (Å²) >= 11 is 0.739. The van der Waals surface area contributed by atoms with Gasteiger partial charge in [0.2, 0.25) is 0 Å². The fourth-order valence-corrected chi connectivity index (χ4v) is 3.16. The standard InChI is InChI=1S/C18H15FN4O3S/c1-11-9-22-14(10-21-11)16(24)20-6-7-23-17(25)15(27-18(23)26)8-12-4-2-3-5-13(12)19/h2-5,8-10H,6-7H2,1H3,(H,20,24)/b15-8-. The molecule has 1 saturated heterocycles. The molecule has 0 saturated carbocycles. The second-order valence-corrected chi connectivity index (χ2v) is 6.65. The maximum absolute atomic E-state index is 13.7. The van der Waals surface area contributed by atoms with Gasteiger partial charge in [-0.3, -0.25) is 24.3 Å². The van der Waals surface area contributed by atoms with Crippen molar-refractivity contribution in [2.24, 2.45) is 0 Å². The van der Waals surface area contributed by atoms with Crippen LogP contribution in [0.5, 0.6) is 0 Å². The number of amides is 3. The maximum atomic E-state index is 13.7. The van der Waals surface area contributed by atoms with Crippen LogP contribution in [0.1, 0.15) is 21.7 Å². The molecule has 1 fully saturated rings. The van der Waals surface area contributed by atoms with Crippen LogP contribution in [-0.2, 0) is 4.79 Å². The molecule has 0 aliphatic carbocycles. The molecule has 0 unspecified atom stereocenters. The van der Waals surface area contributed by atoms with E-state index in [1.54, 1.807) is 19.1 Å². The Morgan fingerprint density at radius 2 is 2.04 bits per heavy atom. The number of imide groups is 1. The predicted octanol–water partition coefficient (Wildman–Crippen LogP) is 2.39. The Morgan fingerprint density at radius 3 is 2.74 bits per heavy atom. The highest BCUT2D eigenvalue weighted by Gasteiger charge is 2.34. The van der Waals surface area contributed by atoms with Gasteiger partial charge in [-0.1, -0.05) is 18.2 Å². The van der Waals surface area contributed by atoms with Crippen molar-refractivity contribution in [1.82, 2.24) is 20.2 Å². The van der Waals surface area contributed by atoms with Gasteiger partial charge in [-0.2, -0.15) is 0 Å². The first-order valence-corrected chi connectivity index (χ1v) is 8.84. The molecule has 0 radical (unpaired) electrons. The number of carbonyl (C=O) groups is 3. The lowest BCUT2D eigenvalue weighted by Crippen LogP contribution is -2.37. The van der Waals surface area contributed by atoms with E-state index >= 15 is 0 Å². The Labute approximate surface area is 158 Å². The van der Waals surface area contributed by atoms with E-state index in [2.05, 4.69) is 15.3 Å². The normalized spacial score (nSPS) is 15.5. The van der Waals surface area contributed by atoms with E-state index < -0.39 is 22.9 Å². The molecule has 138 valence electrons. The zero-order valence-corrected chi connectivity index (χ0v) is 15.1. The van der Waals surface area contributed by atoms with Gasteiger partial charge in [0.1, 0.15) is 11.5 Å². The van der Waals surface area contributed by atoms with Crippen molar-refractivity contribution in [2.45, 2.75) is 6.92 Å². The summed E-state index contributed by atoms with van der Waals surface area (Å²) < 4.78 is 13.7. The van der Waals surface area contributed by atoms with E-state index in [1.165, 1.54) is 30.6 Å². The minimum Gasteiger partial charge on any atom is -0.349 e. The lowest BCUT2D eigenvalue weighted by atomic mass is 10.2. The number of aryl methyl sites for hydroxylation is 1. The average molecular weight is 386 g/mol. The molecule has 0 bridgehead atoms. The number of thioether (sulfide) groups is 1. The van der Waals surface area contributed by atoms with E-state index in [1.807, 2.05) is 0 Å². The van der Waals surface area contributed by atoms with E-state index in [-0.39, 0.29) is 29.3 Å². The number of nitrogens with one attached hydrogen (secondary N) is 1. The summed E-state index contributed by atoms with van der Waals surface area (Å²) in [4.78, 5) is 45.5. The molecule has 27 heavy (non-hydrogen) atoms. The van der Waals surface area contributed by atoms with E-state index in [9.17, 15) is 18.8 Å². The van der Waals surface area contributed by atoms with E-state index in [0.717, 1.165) is 16.7 Å². The third-order valence-electron chi connectivity index (χ3n) is 3.70. The molecule has 1 aromatic heterocycles. The van der Waals surface area contributed by atoms with Crippen LogP contribution in [0.3, 0.4) is 0 Å². The highest BCUT2D eigenvalue weighted by Crippen LogP contribution is 2.32. The lowest BCUT2D eigenvalue weighted by molar-refractivity contribution is -0.122. The Kier molecular flexibility index (Phi) is 5.60. The second-order valence-electron chi connectivity index (χ2n) is 5.65. The molecule has 2 heterocycles. The average Bonchev–Trinajstić information content (AvgIpc) is 2.91. The zero-order valence-electron chi connectivity index (χ0n) is 14.3.